The van der Waals surface area contributed by atoms with Gasteiger partial charge in [-0.05, 0) is 25.0 Å². The average molecular weight is 314 g/mol. The Kier molecular flexibility index (Phi) is 5.15. The van der Waals surface area contributed by atoms with Crippen LogP contribution in [-0.2, 0) is 9.63 Å². The minimum Gasteiger partial charge on any atom is -0.398 e. The summed E-state index contributed by atoms with van der Waals surface area (Å²) >= 11 is 3.17. The Hall–Kier alpha value is -1.56. The lowest BCUT2D eigenvalue weighted by atomic mass is 10.1. The van der Waals surface area contributed by atoms with E-state index in [0.717, 1.165) is 5.56 Å². The quantitative estimate of drug-likeness (QED) is 0.222. The largest absolute Gasteiger partial charge is 0.398 e. The van der Waals surface area contributed by atoms with Crippen molar-refractivity contribution in [2.75, 3.05) is 5.73 Å². The molecular formula is C12H16BrN3O2. The summed E-state index contributed by atoms with van der Waals surface area (Å²) in [6, 6.07) is 5.30. The maximum absolute atomic E-state index is 11.4. The Morgan fingerprint density at radius 1 is 1.56 bits per heavy atom. The zero-order chi connectivity index (χ0) is 13.7. The van der Waals surface area contributed by atoms with Crippen LogP contribution in [0.3, 0.4) is 0 Å². The minimum absolute atomic E-state index is 0.129. The molecule has 1 unspecified atom stereocenters. The lowest BCUT2D eigenvalue weighted by molar-refractivity contribution is -0.142. The molecule has 4 N–H and O–H groups in total. The molecule has 0 aliphatic heterocycles. The highest BCUT2D eigenvalue weighted by atomic mass is 79.9. The van der Waals surface area contributed by atoms with Crippen molar-refractivity contribution < 1.29 is 9.63 Å². The number of halogens is 1. The molecule has 0 heterocycles. The van der Waals surface area contributed by atoms with Gasteiger partial charge in [-0.2, -0.15) is 0 Å². The number of anilines is 1. The van der Waals surface area contributed by atoms with E-state index in [2.05, 4.69) is 21.1 Å². The Morgan fingerprint density at radius 2 is 2.22 bits per heavy atom. The van der Waals surface area contributed by atoms with E-state index < -0.39 is 5.97 Å². The van der Waals surface area contributed by atoms with Gasteiger partial charge < -0.3 is 16.3 Å². The normalized spacial score (nSPS) is 13.2. The molecule has 0 saturated heterocycles. The first kappa shape index (κ1) is 14.5. The summed E-state index contributed by atoms with van der Waals surface area (Å²) in [6.45, 7) is 3.68. The SMILES string of the molecule is CCC(Br)C(=O)O/N=C(\N)c1cccc(N)c1C. The molecule has 6 heteroatoms. The van der Waals surface area contributed by atoms with Crippen molar-refractivity contribution >= 4 is 33.4 Å². The lowest BCUT2D eigenvalue weighted by Crippen LogP contribution is -2.19. The first-order valence-electron chi connectivity index (χ1n) is 5.51. The third-order valence-corrected chi connectivity index (χ3v) is 3.52. The fourth-order valence-corrected chi connectivity index (χ4v) is 1.38. The summed E-state index contributed by atoms with van der Waals surface area (Å²) in [7, 11) is 0. The number of amidine groups is 1. The second-order valence-corrected chi connectivity index (χ2v) is 4.89. The Morgan fingerprint density at radius 3 is 2.83 bits per heavy atom. The second kappa shape index (κ2) is 6.39. The molecule has 5 nitrogen and oxygen atoms in total. The molecule has 1 rings (SSSR count). The number of hydrogen-bond donors (Lipinski definition) is 2. The maximum atomic E-state index is 11.4. The summed E-state index contributed by atoms with van der Waals surface area (Å²) in [5, 5.41) is 3.62. The monoisotopic (exact) mass is 313 g/mol. The van der Waals surface area contributed by atoms with Crippen LogP contribution in [0.15, 0.2) is 23.4 Å². The third kappa shape index (κ3) is 3.46. The summed E-state index contributed by atoms with van der Waals surface area (Å²) < 4.78 is 0. The van der Waals surface area contributed by atoms with Crippen LogP contribution in [0, 0.1) is 6.92 Å². The van der Waals surface area contributed by atoms with Crippen LogP contribution in [0.2, 0.25) is 0 Å². The van der Waals surface area contributed by atoms with Gasteiger partial charge in [0.1, 0.15) is 4.83 Å². The summed E-state index contributed by atoms with van der Waals surface area (Å²) in [5.41, 5.74) is 13.6. The molecular weight excluding hydrogens is 298 g/mol. The number of nitrogen functional groups attached to an aromatic ring is 1. The van der Waals surface area contributed by atoms with Crippen LogP contribution in [0.4, 0.5) is 5.69 Å². The van der Waals surface area contributed by atoms with Crippen LogP contribution < -0.4 is 11.5 Å². The van der Waals surface area contributed by atoms with Crippen molar-refractivity contribution in [1.82, 2.24) is 0 Å². The van der Waals surface area contributed by atoms with E-state index in [-0.39, 0.29) is 10.7 Å². The molecule has 0 spiro atoms. The molecule has 0 radical (unpaired) electrons. The van der Waals surface area contributed by atoms with Gasteiger partial charge in [0, 0.05) is 11.3 Å². The predicted octanol–water partition coefficient (Wildman–Crippen LogP) is 1.91. The molecule has 98 valence electrons. The van der Waals surface area contributed by atoms with E-state index in [4.69, 9.17) is 16.3 Å². The first-order valence-corrected chi connectivity index (χ1v) is 6.42. The van der Waals surface area contributed by atoms with E-state index in [1.54, 1.807) is 18.2 Å². The number of oxime groups is 1. The fourth-order valence-electron chi connectivity index (χ4n) is 1.30. The number of hydrogen-bond acceptors (Lipinski definition) is 4. The van der Waals surface area contributed by atoms with Gasteiger partial charge >= 0.3 is 5.97 Å². The van der Waals surface area contributed by atoms with Crippen molar-refractivity contribution in [3.63, 3.8) is 0 Å². The van der Waals surface area contributed by atoms with E-state index in [9.17, 15) is 4.79 Å². The fraction of sp³-hybridized carbons (Fsp3) is 0.333. The standard InChI is InChI=1S/C12H16BrN3O2/c1-3-9(13)12(17)18-16-11(15)8-5-4-6-10(14)7(8)2/h4-6,9H,3,14H2,1-2H3,(H2,15,16). The molecule has 0 saturated carbocycles. The summed E-state index contributed by atoms with van der Waals surface area (Å²) in [5.74, 6) is -0.342. The van der Waals surface area contributed by atoms with Crippen molar-refractivity contribution in [1.29, 1.82) is 0 Å². The highest BCUT2D eigenvalue weighted by Gasteiger charge is 2.14. The molecule has 18 heavy (non-hydrogen) atoms. The number of benzene rings is 1. The minimum atomic E-state index is -0.470. The molecule has 1 aromatic rings. The second-order valence-electron chi connectivity index (χ2n) is 3.78. The van der Waals surface area contributed by atoms with Crippen LogP contribution in [-0.4, -0.2) is 16.6 Å². The highest BCUT2D eigenvalue weighted by molar-refractivity contribution is 9.10. The zero-order valence-electron chi connectivity index (χ0n) is 10.3. The van der Waals surface area contributed by atoms with E-state index >= 15 is 0 Å². The smallest absolute Gasteiger partial charge is 0.348 e. The number of alkyl halides is 1. The van der Waals surface area contributed by atoms with Crippen molar-refractivity contribution in [2.45, 2.75) is 25.1 Å². The van der Waals surface area contributed by atoms with E-state index in [1.165, 1.54) is 0 Å². The highest BCUT2D eigenvalue weighted by Crippen LogP contribution is 2.15. The molecule has 0 aliphatic rings. The number of nitrogens with two attached hydrogens (primary N) is 2. The summed E-state index contributed by atoms with van der Waals surface area (Å²) in [4.78, 5) is 15.8. The maximum Gasteiger partial charge on any atom is 0.348 e. The van der Waals surface area contributed by atoms with Gasteiger partial charge in [0.05, 0.1) is 0 Å². The van der Waals surface area contributed by atoms with Crippen LogP contribution in [0.25, 0.3) is 0 Å². The van der Waals surface area contributed by atoms with Crippen molar-refractivity contribution in [3.8, 4) is 0 Å². The van der Waals surface area contributed by atoms with Crippen molar-refractivity contribution in [3.05, 3.63) is 29.3 Å². The van der Waals surface area contributed by atoms with Crippen molar-refractivity contribution in [2.24, 2.45) is 10.9 Å². The number of rotatable bonds is 4. The molecule has 0 fully saturated rings. The van der Waals surface area contributed by atoms with E-state index in [0.29, 0.717) is 17.7 Å². The third-order valence-electron chi connectivity index (χ3n) is 2.50. The van der Waals surface area contributed by atoms with Gasteiger partial charge in [-0.25, -0.2) is 4.79 Å². The number of carbonyl (C=O) groups excluding carboxylic acids is 1. The van der Waals surface area contributed by atoms with Gasteiger partial charge in [0.2, 0.25) is 0 Å². The predicted molar refractivity (Wildman–Crippen MR) is 75.4 cm³/mol. The van der Waals surface area contributed by atoms with Crippen LogP contribution in [0.5, 0.6) is 0 Å². The van der Waals surface area contributed by atoms with Gasteiger partial charge in [-0.1, -0.05) is 40.1 Å². The average Bonchev–Trinajstić information content (AvgIpc) is 2.37. The first-order chi connectivity index (χ1) is 8.47. The molecule has 0 aliphatic carbocycles. The topological polar surface area (TPSA) is 90.7 Å². The van der Waals surface area contributed by atoms with Gasteiger partial charge in [0.25, 0.3) is 0 Å². The molecule has 1 aromatic carbocycles. The lowest BCUT2D eigenvalue weighted by Gasteiger charge is -2.07. The molecule has 0 aromatic heterocycles. The summed E-state index contributed by atoms with van der Waals surface area (Å²) in [6.07, 6.45) is 0.617. The number of carbonyl (C=O) groups is 1. The Bertz CT molecular complexity index is 474. The zero-order valence-corrected chi connectivity index (χ0v) is 11.9. The molecule has 0 amide bonds. The van der Waals surface area contributed by atoms with Gasteiger partial charge in [0.15, 0.2) is 5.84 Å². The van der Waals surface area contributed by atoms with Gasteiger partial charge in [-0.15, -0.1) is 0 Å². The Balaban J connectivity index is 2.84. The molecule has 0 bridgehead atoms. The van der Waals surface area contributed by atoms with Crippen LogP contribution in [0.1, 0.15) is 24.5 Å². The number of nitrogens with zero attached hydrogens (tertiary/aromatic N) is 1. The molecule has 1 atom stereocenters. The van der Waals surface area contributed by atoms with E-state index in [1.807, 2.05) is 13.8 Å². The van der Waals surface area contributed by atoms with Crippen LogP contribution >= 0.6 is 15.9 Å². The Labute approximate surface area is 114 Å². The van der Waals surface area contributed by atoms with Gasteiger partial charge in [-0.3, -0.25) is 0 Å².